The molecule has 2 nitrogen and oxygen atoms in total. The highest BCUT2D eigenvalue weighted by Gasteiger charge is 2.03. The van der Waals surface area contributed by atoms with Crippen molar-refractivity contribution in [1.29, 1.82) is 0 Å². The summed E-state index contributed by atoms with van der Waals surface area (Å²) in [6, 6.07) is 19.0. The van der Waals surface area contributed by atoms with E-state index in [0.717, 1.165) is 6.42 Å². The molecule has 25 heavy (non-hydrogen) atoms. The van der Waals surface area contributed by atoms with Gasteiger partial charge in [-0.25, -0.2) is 0 Å². The van der Waals surface area contributed by atoms with Gasteiger partial charge >= 0.3 is 5.97 Å². The quantitative estimate of drug-likeness (QED) is 0.421. The van der Waals surface area contributed by atoms with E-state index in [1.165, 1.54) is 49.3 Å². The lowest BCUT2D eigenvalue weighted by molar-refractivity contribution is -0.145. The van der Waals surface area contributed by atoms with E-state index in [1.807, 2.05) is 13.0 Å². The molecule has 2 rings (SSSR count). The number of hydrogen-bond acceptors (Lipinski definition) is 2. The summed E-state index contributed by atoms with van der Waals surface area (Å²) < 4.78 is 4.99. The number of aryl methyl sites for hydroxylation is 1. The van der Waals surface area contributed by atoms with Gasteiger partial charge in [0.15, 0.2) is 0 Å². The number of rotatable bonds is 7. The lowest BCUT2D eigenvalue weighted by atomic mass is 10.0. The molecule has 0 saturated carbocycles. The average Bonchev–Trinajstić information content (AvgIpc) is 2.60. The van der Waals surface area contributed by atoms with Crippen molar-refractivity contribution >= 4 is 5.97 Å². The van der Waals surface area contributed by atoms with Crippen LogP contribution in [0.15, 0.2) is 54.6 Å². The number of ether oxygens (including phenoxy) is 1. The summed E-state index contributed by atoms with van der Waals surface area (Å²) in [5.41, 5.74) is 3.87. The van der Waals surface area contributed by atoms with Crippen LogP contribution in [0.2, 0.25) is 0 Å². The van der Waals surface area contributed by atoms with Gasteiger partial charge in [-0.2, -0.15) is 0 Å². The first-order valence-electron chi connectivity index (χ1n) is 9.32. The molecule has 0 spiro atoms. The third kappa shape index (κ3) is 9.71. The summed E-state index contributed by atoms with van der Waals surface area (Å²) in [6.45, 7) is 7.71. The smallest absolute Gasteiger partial charge is 0.302 e. The van der Waals surface area contributed by atoms with Crippen molar-refractivity contribution in [2.75, 3.05) is 0 Å². The number of esters is 1. The van der Waals surface area contributed by atoms with Crippen molar-refractivity contribution in [2.45, 2.75) is 65.9 Å². The Hall–Kier alpha value is -2.09. The minimum Gasteiger partial charge on any atom is -0.463 e. The Labute approximate surface area is 153 Å². The van der Waals surface area contributed by atoms with Crippen molar-refractivity contribution in [3.05, 3.63) is 60.2 Å². The van der Waals surface area contributed by atoms with E-state index in [0.29, 0.717) is 0 Å². The number of hydrogen-bond donors (Lipinski definition) is 0. The minimum atomic E-state index is -0.169. The molecular formula is C23H32O2. The van der Waals surface area contributed by atoms with Crippen LogP contribution in [0.25, 0.3) is 11.1 Å². The molecule has 0 aliphatic carbocycles. The molecule has 0 N–H and O–H groups in total. The highest BCUT2D eigenvalue weighted by Crippen LogP contribution is 2.18. The zero-order valence-electron chi connectivity index (χ0n) is 16.1. The average molecular weight is 341 g/mol. The predicted octanol–water partition coefficient (Wildman–Crippen LogP) is 6.57. The Kier molecular flexibility index (Phi) is 10.3. The maximum absolute atomic E-state index is 10.5. The maximum atomic E-state index is 10.5. The molecule has 2 heteroatoms. The van der Waals surface area contributed by atoms with Gasteiger partial charge in [-0.15, -0.1) is 0 Å². The van der Waals surface area contributed by atoms with Crippen LogP contribution in [0.3, 0.4) is 0 Å². The third-order valence-corrected chi connectivity index (χ3v) is 3.99. The van der Waals surface area contributed by atoms with Crippen LogP contribution in [0.5, 0.6) is 0 Å². The molecule has 0 radical (unpaired) electrons. The summed E-state index contributed by atoms with van der Waals surface area (Å²) in [4.78, 5) is 10.5. The highest BCUT2D eigenvalue weighted by atomic mass is 16.5. The van der Waals surface area contributed by atoms with Gasteiger partial charge in [-0.05, 0) is 37.8 Å². The standard InChI is InChI=1S/C13H12.C10H20O2/c1-11-7-9-13(10-8-11)12-5-3-2-4-6-12;1-4-5-6-7-8-9(2)12-10(3)11/h2-10H,1H3;9H,4-8H2,1-3H3. The molecule has 0 bridgehead atoms. The largest absolute Gasteiger partial charge is 0.463 e. The normalized spacial score (nSPS) is 11.2. The molecule has 0 aliphatic rings. The van der Waals surface area contributed by atoms with Gasteiger partial charge in [0.2, 0.25) is 0 Å². The van der Waals surface area contributed by atoms with Crippen LogP contribution in [-0.4, -0.2) is 12.1 Å². The second kappa shape index (κ2) is 12.3. The molecule has 0 aromatic heterocycles. The molecule has 0 saturated heterocycles. The lowest BCUT2D eigenvalue weighted by Crippen LogP contribution is -2.11. The van der Waals surface area contributed by atoms with Gasteiger partial charge in [0, 0.05) is 6.92 Å². The number of carbonyl (C=O) groups is 1. The summed E-state index contributed by atoms with van der Waals surface area (Å²) in [5.74, 6) is -0.169. The fraction of sp³-hybridized carbons (Fsp3) is 0.435. The zero-order valence-corrected chi connectivity index (χ0v) is 16.1. The van der Waals surface area contributed by atoms with Gasteiger partial charge in [0.1, 0.15) is 0 Å². The Morgan fingerprint density at radius 1 is 0.920 bits per heavy atom. The highest BCUT2D eigenvalue weighted by molar-refractivity contribution is 5.66. The summed E-state index contributed by atoms with van der Waals surface area (Å²) >= 11 is 0. The second-order valence-corrected chi connectivity index (χ2v) is 6.50. The molecule has 1 atom stereocenters. The van der Waals surface area contributed by atoms with Crippen LogP contribution in [0, 0.1) is 6.92 Å². The first-order chi connectivity index (χ1) is 12.0. The zero-order chi connectivity index (χ0) is 18.5. The van der Waals surface area contributed by atoms with Crippen molar-refractivity contribution in [1.82, 2.24) is 0 Å². The Balaban J connectivity index is 0.000000252. The number of carbonyl (C=O) groups excluding carboxylic acids is 1. The van der Waals surface area contributed by atoms with Crippen molar-refractivity contribution < 1.29 is 9.53 Å². The monoisotopic (exact) mass is 340 g/mol. The van der Waals surface area contributed by atoms with Crippen LogP contribution in [0.4, 0.5) is 0 Å². The molecule has 0 amide bonds. The summed E-state index contributed by atoms with van der Waals surface area (Å²) in [6.07, 6.45) is 6.05. The molecule has 0 aliphatic heterocycles. The van der Waals surface area contributed by atoms with E-state index in [1.54, 1.807) is 0 Å². The van der Waals surface area contributed by atoms with Crippen molar-refractivity contribution in [3.63, 3.8) is 0 Å². The first-order valence-corrected chi connectivity index (χ1v) is 9.32. The Morgan fingerprint density at radius 2 is 1.52 bits per heavy atom. The van der Waals surface area contributed by atoms with Crippen LogP contribution in [0.1, 0.15) is 58.4 Å². The maximum Gasteiger partial charge on any atom is 0.302 e. The molecule has 1 unspecified atom stereocenters. The number of benzene rings is 2. The number of unbranched alkanes of at least 4 members (excludes halogenated alkanes) is 3. The van der Waals surface area contributed by atoms with Crippen molar-refractivity contribution in [3.8, 4) is 11.1 Å². The molecule has 2 aromatic carbocycles. The fourth-order valence-electron chi connectivity index (χ4n) is 2.58. The van der Waals surface area contributed by atoms with Crippen LogP contribution in [-0.2, 0) is 9.53 Å². The van der Waals surface area contributed by atoms with E-state index in [-0.39, 0.29) is 12.1 Å². The lowest BCUT2D eigenvalue weighted by Gasteiger charge is -2.10. The van der Waals surface area contributed by atoms with Gasteiger partial charge in [-0.1, -0.05) is 86.3 Å². The topological polar surface area (TPSA) is 26.3 Å². The van der Waals surface area contributed by atoms with Crippen LogP contribution < -0.4 is 0 Å². The molecule has 136 valence electrons. The van der Waals surface area contributed by atoms with Crippen LogP contribution >= 0.6 is 0 Å². The van der Waals surface area contributed by atoms with Gasteiger partial charge < -0.3 is 4.74 Å². The predicted molar refractivity (Wildman–Crippen MR) is 107 cm³/mol. The van der Waals surface area contributed by atoms with Gasteiger partial charge in [0.05, 0.1) is 6.10 Å². The first kappa shape index (κ1) is 21.0. The van der Waals surface area contributed by atoms with Gasteiger partial charge in [0.25, 0.3) is 0 Å². The summed E-state index contributed by atoms with van der Waals surface area (Å²) in [7, 11) is 0. The SMILES string of the molecule is CCCCCCC(C)OC(C)=O.Cc1ccc(-c2ccccc2)cc1. The third-order valence-electron chi connectivity index (χ3n) is 3.99. The van der Waals surface area contributed by atoms with E-state index < -0.39 is 0 Å². The Morgan fingerprint density at radius 3 is 2.08 bits per heavy atom. The molecule has 0 heterocycles. The van der Waals surface area contributed by atoms with Gasteiger partial charge in [-0.3, -0.25) is 4.79 Å². The fourth-order valence-corrected chi connectivity index (χ4v) is 2.58. The molecule has 2 aromatic rings. The summed E-state index contributed by atoms with van der Waals surface area (Å²) in [5, 5.41) is 0. The molecule has 0 fully saturated rings. The van der Waals surface area contributed by atoms with E-state index in [4.69, 9.17) is 4.74 Å². The second-order valence-electron chi connectivity index (χ2n) is 6.50. The van der Waals surface area contributed by atoms with E-state index in [9.17, 15) is 4.79 Å². The Bertz CT molecular complexity index is 587. The van der Waals surface area contributed by atoms with E-state index in [2.05, 4.69) is 62.4 Å². The van der Waals surface area contributed by atoms with E-state index >= 15 is 0 Å². The minimum absolute atomic E-state index is 0.0966. The molecular weight excluding hydrogens is 308 g/mol. The van der Waals surface area contributed by atoms with Crippen molar-refractivity contribution in [2.24, 2.45) is 0 Å².